The number of aromatic nitrogens is 1. The van der Waals surface area contributed by atoms with Crippen LogP contribution in [0.15, 0.2) is 29.4 Å². The molecule has 2 heterocycles. The molecule has 0 bridgehead atoms. The van der Waals surface area contributed by atoms with Gasteiger partial charge in [0, 0.05) is 18.7 Å². The third kappa shape index (κ3) is 6.70. The van der Waals surface area contributed by atoms with E-state index in [4.69, 9.17) is 0 Å². The lowest BCUT2D eigenvalue weighted by Gasteiger charge is -2.28. The number of amides is 2. The highest BCUT2D eigenvalue weighted by atomic mass is 32.2. The Hall–Kier alpha value is -2.33. The molecular weight excluding hydrogens is 480 g/mol. The molecule has 3 aliphatic rings. The summed E-state index contributed by atoms with van der Waals surface area (Å²) >= 11 is 0. The minimum atomic E-state index is -3.90. The van der Waals surface area contributed by atoms with Crippen molar-refractivity contribution in [3.8, 4) is 0 Å². The number of nitrogens with zero attached hydrogens (tertiary/aromatic N) is 2. The zero-order valence-electron chi connectivity index (χ0n) is 20.9. The molecule has 9 nitrogen and oxygen atoms in total. The number of hydrogen-bond donors (Lipinski definition) is 2. The summed E-state index contributed by atoms with van der Waals surface area (Å²) in [6.45, 7) is -0.132. The summed E-state index contributed by atoms with van der Waals surface area (Å²) in [7, 11) is -3.90. The van der Waals surface area contributed by atoms with Crippen molar-refractivity contribution in [2.75, 3.05) is 13.1 Å². The van der Waals surface area contributed by atoms with Gasteiger partial charge >= 0.3 is 0 Å². The van der Waals surface area contributed by atoms with Crippen LogP contribution in [0.5, 0.6) is 0 Å². The molecule has 4 rings (SSSR count). The largest absolute Gasteiger partial charge is 0.344 e. The molecule has 1 aliphatic heterocycles. The number of sulfonamides is 1. The molecule has 10 heteroatoms. The molecule has 198 valence electrons. The van der Waals surface area contributed by atoms with Crippen molar-refractivity contribution in [3.05, 3.63) is 24.4 Å². The normalized spacial score (nSPS) is 23.7. The molecule has 1 aromatic rings. The van der Waals surface area contributed by atoms with E-state index in [1.807, 2.05) is 0 Å². The van der Waals surface area contributed by atoms with Crippen LogP contribution in [0.3, 0.4) is 0 Å². The highest BCUT2D eigenvalue weighted by Gasteiger charge is 2.36. The van der Waals surface area contributed by atoms with E-state index >= 15 is 0 Å². The van der Waals surface area contributed by atoms with Crippen LogP contribution in [0.2, 0.25) is 0 Å². The second kappa shape index (κ2) is 12.3. The molecule has 0 unspecified atom stereocenters. The number of carbonyl (C=O) groups is 3. The standard InChI is InChI=1S/C26H38N4O5S/c31-23-18-30(36(34,35)24-14-6-7-15-27-24)16-8-13-21(23)28-26(33)22(17-19-9-2-1-3-10-19)29-25(32)20-11-4-5-12-20/h6-7,14-15,19-22H,1-5,8-13,16-18H2,(H,28,33)(H,29,32)/t21-,22+/m1/s1. The monoisotopic (exact) mass is 518 g/mol. The lowest BCUT2D eigenvalue weighted by Crippen LogP contribution is -2.53. The van der Waals surface area contributed by atoms with E-state index in [-0.39, 0.29) is 41.6 Å². The molecule has 0 spiro atoms. The van der Waals surface area contributed by atoms with Crippen LogP contribution in [-0.4, -0.2) is 60.5 Å². The highest BCUT2D eigenvalue weighted by Crippen LogP contribution is 2.29. The van der Waals surface area contributed by atoms with Gasteiger partial charge in [0.05, 0.1) is 12.6 Å². The molecule has 0 radical (unpaired) electrons. The number of rotatable bonds is 8. The minimum Gasteiger partial charge on any atom is -0.344 e. The van der Waals surface area contributed by atoms with E-state index in [2.05, 4.69) is 15.6 Å². The molecule has 2 atom stereocenters. The molecule has 1 saturated heterocycles. The summed E-state index contributed by atoms with van der Waals surface area (Å²) in [5.41, 5.74) is 0. The summed E-state index contributed by atoms with van der Waals surface area (Å²) in [4.78, 5) is 43.2. The van der Waals surface area contributed by atoms with Gasteiger partial charge in [-0.05, 0) is 50.2 Å². The Morgan fingerprint density at radius 1 is 1.00 bits per heavy atom. The van der Waals surface area contributed by atoms with Gasteiger partial charge in [-0.1, -0.05) is 51.0 Å². The topological polar surface area (TPSA) is 126 Å². The average Bonchev–Trinajstić information content (AvgIpc) is 3.36. The molecular formula is C26H38N4O5S. The van der Waals surface area contributed by atoms with Crippen LogP contribution < -0.4 is 10.6 Å². The van der Waals surface area contributed by atoms with E-state index in [0.29, 0.717) is 25.2 Å². The predicted octanol–water partition coefficient (Wildman–Crippen LogP) is 2.57. The second-order valence-electron chi connectivity index (χ2n) is 10.5. The number of ketones is 1. The van der Waals surface area contributed by atoms with Crippen molar-refractivity contribution in [2.24, 2.45) is 11.8 Å². The minimum absolute atomic E-state index is 0.0449. The van der Waals surface area contributed by atoms with Crippen molar-refractivity contribution in [3.63, 3.8) is 0 Å². The maximum atomic E-state index is 13.4. The molecule has 36 heavy (non-hydrogen) atoms. The predicted molar refractivity (Wildman–Crippen MR) is 134 cm³/mol. The second-order valence-corrected chi connectivity index (χ2v) is 12.3. The molecule has 2 N–H and O–H groups in total. The van der Waals surface area contributed by atoms with E-state index in [0.717, 1.165) is 55.7 Å². The Kier molecular flexibility index (Phi) is 9.11. The van der Waals surface area contributed by atoms with E-state index < -0.39 is 22.1 Å². The van der Waals surface area contributed by atoms with Crippen LogP contribution in [-0.2, 0) is 24.4 Å². The summed E-state index contributed by atoms with van der Waals surface area (Å²) in [6.07, 6.45) is 12.1. The van der Waals surface area contributed by atoms with Crippen molar-refractivity contribution < 1.29 is 22.8 Å². The lowest BCUT2D eigenvalue weighted by molar-refractivity contribution is -0.133. The van der Waals surface area contributed by atoms with Crippen LogP contribution in [0.4, 0.5) is 0 Å². The van der Waals surface area contributed by atoms with Crippen LogP contribution in [0.1, 0.15) is 77.0 Å². The molecule has 2 aliphatic carbocycles. The molecule has 2 saturated carbocycles. The van der Waals surface area contributed by atoms with Gasteiger partial charge in [-0.25, -0.2) is 13.4 Å². The van der Waals surface area contributed by atoms with Crippen molar-refractivity contribution in [1.82, 2.24) is 19.9 Å². The first-order valence-electron chi connectivity index (χ1n) is 13.4. The van der Waals surface area contributed by atoms with Crippen molar-refractivity contribution in [1.29, 1.82) is 0 Å². The first kappa shape index (κ1) is 26.7. The van der Waals surface area contributed by atoms with Gasteiger partial charge in [0.15, 0.2) is 10.8 Å². The van der Waals surface area contributed by atoms with Crippen molar-refractivity contribution >= 4 is 27.6 Å². The van der Waals surface area contributed by atoms with E-state index in [1.54, 1.807) is 12.1 Å². The van der Waals surface area contributed by atoms with Crippen LogP contribution in [0, 0.1) is 11.8 Å². The zero-order chi connectivity index (χ0) is 25.5. The van der Waals surface area contributed by atoms with Gasteiger partial charge in [0.2, 0.25) is 11.8 Å². The van der Waals surface area contributed by atoms with E-state index in [9.17, 15) is 22.8 Å². The van der Waals surface area contributed by atoms with Gasteiger partial charge < -0.3 is 10.6 Å². The maximum Gasteiger partial charge on any atom is 0.260 e. The highest BCUT2D eigenvalue weighted by molar-refractivity contribution is 7.89. The number of pyridine rings is 1. The fraction of sp³-hybridized carbons (Fsp3) is 0.692. The summed E-state index contributed by atoms with van der Waals surface area (Å²) in [6, 6.07) is 3.18. The van der Waals surface area contributed by atoms with Crippen molar-refractivity contribution in [2.45, 2.75) is 94.2 Å². The third-order valence-corrected chi connectivity index (χ3v) is 9.59. The molecule has 0 aromatic carbocycles. The number of Topliss-reactive ketones (excluding diaryl/α,β-unsaturated/α-hetero) is 1. The number of hydrogen-bond acceptors (Lipinski definition) is 6. The SMILES string of the molecule is O=C(N[C@@H](CC1CCCCC1)C(=O)N[C@@H]1CCCN(S(=O)(=O)c2ccccn2)CC1=O)C1CCCC1. The van der Waals surface area contributed by atoms with Gasteiger partial charge in [0.25, 0.3) is 10.0 Å². The lowest BCUT2D eigenvalue weighted by atomic mass is 9.84. The summed E-state index contributed by atoms with van der Waals surface area (Å²) in [5.74, 6) is -0.424. The molecule has 1 aromatic heterocycles. The quantitative estimate of drug-likeness (QED) is 0.545. The Labute approximate surface area is 213 Å². The van der Waals surface area contributed by atoms with Crippen LogP contribution in [0.25, 0.3) is 0 Å². The Balaban J connectivity index is 1.41. The fourth-order valence-electron chi connectivity index (χ4n) is 5.72. The van der Waals surface area contributed by atoms with Gasteiger partial charge in [-0.15, -0.1) is 0 Å². The first-order chi connectivity index (χ1) is 17.3. The summed E-state index contributed by atoms with van der Waals surface area (Å²) < 4.78 is 27.1. The van der Waals surface area contributed by atoms with E-state index in [1.165, 1.54) is 18.7 Å². The number of carbonyl (C=O) groups excluding carboxylic acids is 3. The van der Waals surface area contributed by atoms with Gasteiger partial charge in [-0.3, -0.25) is 14.4 Å². The first-order valence-corrected chi connectivity index (χ1v) is 14.8. The smallest absolute Gasteiger partial charge is 0.260 e. The Morgan fingerprint density at radius 2 is 1.72 bits per heavy atom. The maximum absolute atomic E-state index is 13.4. The zero-order valence-corrected chi connectivity index (χ0v) is 21.7. The van der Waals surface area contributed by atoms with Gasteiger partial charge in [0.1, 0.15) is 6.04 Å². The molecule has 2 amide bonds. The third-order valence-electron chi connectivity index (χ3n) is 7.83. The Morgan fingerprint density at radius 3 is 2.42 bits per heavy atom. The fourth-order valence-corrected chi connectivity index (χ4v) is 7.10. The summed E-state index contributed by atoms with van der Waals surface area (Å²) in [5, 5.41) is 5.77. The van der Waals surface area contributed by atoms with Gasteiger partial charge in [-0.2, -0.15) is 4.31 Å². The van der Waals surface area contributed by atoms with Crippen LogP contribution >= 0.6 is 0 Å². The number of nitrogens with one attached hydrogen (secondary N) is 2. The molecule has 3 fully saturated rings. The Bertz CT molecular complexity index is 1020. The average molecular weight is 519 g/mol.